The third kappa shape index (κ3) is 3.29. The first kappa shape index (κ1) is 13.9. The molecule has 0 fully saturated rings. The molecule has 20 heavy (non-hydrogen) atoms. The van der Waals surface area contributed by atoms with Gasteiger partial charge in [0.05, 0.1) is 0 Å². The van der Waals surface area contributed by atoms with Crippen molar-refractivity contribution in [2.45, 2.75) is 6.92 Å². The Morgan fingerprint density at radius 3 is 2.40 bits per heavy atom. The van der Waals surface area contributed by atoms with E-state index in [1.807, 2.05) is 42.2 Å². The molecule has 2 aromatic carbocycles. The van der Waals surface area contributed by atoms with Gasteiger partial charge in [-0.25, -0.2) is 4.79 Å². The van der Waals surface area contributed by atoms with E-state index in [0.29, 0.717) is 12.5 Å². The molecule has 4 heteroatoms. The molecule has 0 unspecified atom stereocenters. The first-order valence-electron chi connectivity index (χ1n) is 6.47. The summed E-state index contributed by atoms with van der Waals surface area (Å²) in [5.74, 6) is -0.599. The number of hydrogen-bond donors (Lipinski definition) is 1. The molecule has 0 heterocycles. The fourth-order valence-corrected chi connectivity index (χ4v) is 1.90. The number of aromatic carboxylic acids is 1. The first-order chi connectivity index (χ1) is 9.72. The lowest BCUT2D eigenvalue weighted by Crippen LogP contribution is -2.27. The average Bonchev–Trinajstić information content (AvgIpc) is 2.49. The number of rotatable bonds is 6. The van der Waals surface area contributed by atoms with E-state index in [2.05, 4.69) is 0 Å². The molecule has 0 saturated heterocycles. The summed E-state index contributed by atoms with van der Waals surface area (Å²) in [6.07, 6.45) is 0. The fourth-order valence-electron chi connectivity index (χ4n) is 1.90. The van der Waals surface area contributed by atoms with E-state index in [1.54, 1.807) is 18.2 Å². The van der Waals surface area contributed by atoms with Crippen LogP contribution in [0.2, 0.25) is 0 Å². The smallest absolute Gasteiger partial charge is 0.339 e. The highest BCUT2D eigenvalue weighted by atomic mass is 16.5. The highest BCUT2D eigenvalue weighted by Gasteiger charge is 2.11. The number of carbonyl (C=O) groups is 1. The summed E-state index contributed by atoms with van der Waals surface area (Å²) in [5.41, 5.74) is 1.22. The van der Waals surface area contributed by atoms with E-state index in [9.17, 15) is 4.79 Å². The van der Waals surface area contributed by atoms with Gasteiger partial charge in [-0.15, -0.1) is 0 Å². The summed E-state index contributed by atoms with van der Waals surface area (Å²) in [5, 5.41) is 9.11. The number of carboxylic acids is 1. The van der Waals surface area contributed by atoms with Crippen LogP contribution in [0, 0.1) is 0 Å². The molecule has 4 nitrogen and oxygen atoms in total. The zero-order valence-corrected chi connectivity index (χ0v) is 11.3. The maximum atomic E-state index is 11.1. The number of anilines is 1. The number of hydrogen-bond acceptors (Lipinski definition) is 3. The molecule has 0 radical (unpaired) electrons. The van der Waals surface area contributed by atoms with Crippen LogP contribution in [0.3, 0.4) is 0 Å². The van der Waals surface area contributed by atoms with Crippen molar-refractivity contribution in [2.75, 3.05) is 18.2 Å². The predicted molar refractivity (Wildman–Crippen MR) is 78.4 cm³/mol. The van der Waals surface area contributed by atoms with Crippen LogP contribution in [0.5, 0.6) is 5.75 Å². The number of benzene rings is 2. The maximum Gasteiger partial charge on any atom is 0.339 e. The third-order valence-electron chi connectivity index (χ3n) is 3.00. The van der Waals surface area contributed by atoms with Crippen LogP contribution in [-0.2, 0) is 0 Å². The van der Waals surface area contributed by atoms with Gasteiger partial charge in [0.15, 0.2) is 6.73 Å². The van der Waals surface area contributed by atoms with E-state index >= 15 is 0 Å². The van der Waals surface area contributed by atoms with Gasteiger partial charge in [0.1, 0.15) is 11.3 Å². The van der Waals surface area contributed by atoms with Gasteiger partial charge in [-0.3, -0.25) is 0 Å². The van der Waals surface area contributed by atoms with Crippen LogP contribution in [0.4, 0.5) is 5.69 Å². The Morgan fingerprint density at radius 2 is 1.75 bits per heavy atom. The Labute approximate surface area is 118 Å². The van der Waals surface area contributed by atoms with Gasteiger partial charge in [-0.05, 0) is 31.2 Å². The molecule has 0 amide bonds. The molecule has 0 spiro atoms. The minimum atomic E-state index is -0.983. The van der Waals surface area contributed by atoms with Gasteiger partial charge in [0.2, 0.25) is 0 Å². The Morgan fingerprint density at radius 1 is 1.10 bits per heavy atom. The molecule has 104 valence electrons. The highest BCUT2D eigenvalue weighted by molar-refractivity contribution is 5.90. The number of para-hydroxylation sites is 2. The second kappa shape index (κ2) is 6.61. The van der Waals surface area contributed by atoms with Crippen molar-refractivity contribution in [3.8, 4) is 5.75 Å². The van der Waals surface area contributed by atoms with Gasteiger partial charge in [0, 0.05) is 12.2 Å². The number of carboxylic acid groups (broad SMARTS) is 1. The fraction of sp³-hybridized carbons (Fsp3) is 0.188. The van der Waals surface area contributed by atoms with Crippen molar-refractivity contribution in [3.63, 3.8) is 0 Å². The Bertz CT molecular complexity index is 569. The molecule has 0 atom stereocenters. The van der Waals surface area contributed by atoms with Gasteiger partial charge in [-0.2, -0.15) is 0 Å². The Balaban J connectivity index is 2.10. The summed E-state index contributed by atoms with van der Waals surface area (Å²) in [6.45, 7) is 3.11. The van der Waals surface area contributed by atoms with Crippen molar-refractivity contribution in [1.29, 1.82) is 0 Å². The van der Waals surface area contributed by atoms with Crippen LogP contribution < -0.4 is 9.64 Å². The standard InChI is InChI=1S/C16H17NO3/c1-2-17(13-8-4-3-5-9-13)12-20-15-11-7-6-10-14(15)16(18)19/h3-11H,2,12H2,1H3,(H,18,19). The average molecular weight is 271 g/mol. The van der Waals surface area contributed by atoms with E-state index in [4.69, 9.17) is 9.84 Å². The van der Waals surface area contributed by atoms with Crippen molar-refractivity contribution >= 4 is 11.7 Å². The highest BCUT2D eigenvalue weighted by Crippen LogP contribution is 2.19. The summed E-state index contributed by atoms with van der Waals surface area (Å²) >= 11 is 0. The summed E-state index contributed by atoms with van der Waals surface area (Å²) in [6, 6.07) is 16.5. The second-order valence-corrected chi connectivity index (χ2v) is 4.27. The van der Waals surface area contributed by atoms with Gasteiger partial charge in [0.25, 0.3) is 0 Å². The third-order valence-corrected chi connectivity index (χ3v) is 3.00. The van der Waals surface area contributed by atoms with Crippen LogP contribution >= 0.6 is 0 Å². The maximum absolute atomic E-state index is 11.1. The van der Waals surface area contributed by atoms with Crippen molar-refractivity contribution in [1.82, 2.24) is 0 Å². The minimum Gasteiger partial charge on any atom is -0.478 e. The minimum absolute atomic E-state index is 0.177. The van der Waals surface area contributed by atoms with Gasteiger partial charge < -0.3 is 14.7 Å². The predicted octanol–water partition coefficient (Wildman–Crippen LogP) is 3.25. The van der Waals surface area contributed by atoms with Crippen LogP contribution in [0.1, 0.15) is 17.3 Å². The molecule has 2 aromatic rings. The van der Waals surface area contributed by atoms with E-state index in [-0.39, 0.29) is 5.56 Å². The van der Waals surface area contributed by atoms with Crippen molar-refractivity contribution < 1.29 is 14.6 Å². The van der Waals surface area contributed by atoms with E-state index in [1.165, 1.54) is 6.07 Å². The van der Waals surface area contributed by atoms with E-state index in [0.717, 1.165) is 12.2 Å². The normalized spacial score (nSPS) is 10.1. The molecular formula is C16H17NO3. The zero-order chi connectivity index (χ0) is 14.4. The molecule has 0 saturated carbocycles. The molecule has 0 aliphatic carbocycles. The first-order valence-corrected chi connectivity index (χ1v) is 6.47. The molecule has 0 aromatic heterocycles. The van der Waals surface area contributed by atoms with Crippen LogP contribution in [-0.4, -0.2) is 24.4 Å². The monoisotopic (exact) mass is 271 g/mol. The summed E-state index contributed by atoms with van der Waals surface area (Å²) < 4.78 is 5.65. The van der Waals surface area contributed by atoms with Crippen LogP contribution in [0.25, 0.3) is 0 Å². The molecule has 0 aliphatic heterocycles. The number of ether oxygens (including phenoxy) is 1. The van der Waals surface area contributed by atoms with Gasteiger partial charge in [-0.1, -0.05) is 30.3 Å². The zero-order valence-electron chi connectivity index (χ0n) is 11.3. The largest absolute Gasteiger partial charge is 0.478 e. The molecule has 2 rings (SSSR count). The molecule has 1 N–H and O–H groups in total. The van der Waals surface area contributed by atoms with Gasteiger partial charge >= 0.3 is 5.97 Å². The Kier molecular flexibility index (Phi) is 4.60. The summed E-state index contributed by atoms with van der Waals surface area (Å²) in [7, 11) is 0. The SMILES string of the molecule is CCN(COc1ccccc1C(=O)O)c1ccccc1. The lowest BCUT2D eigenvalue weighted by atomic mass is 10.2. The molecular weight excluding hydrogens is 254 g/mol. The van der Waals surface area contributed by atoms with Crippen molar-refractivity contribution in [2.24, 2.45) is 0 Å². The lowest BCUT2D eigenvalue weighted by molar-refractivity contribution is 0.0692. The lowest BCUT2D eigenvalue weighted by Gasteiger charge is -2.23. The van der Waals surface area contributed by atoms with Crippen molar-refractivity contribution in [3.05, 3.63) is 60.2 Å². The number of nitrogens with zero attached hydrogens (tertiary/aromatic N) is 1. The summed E-state index contributed by atoms with van der Waals surface area (Å²) in [4.78, 5) is 13.1. The quantitative estimate of drug-likeness (QED) is 0.819. The molecule has 0 bridgehead atoms. The van der Waals surface area contributed by atoms with Crippen LogP contribution in [0.15, 0.2) is 54.6 Å². The second-order valence-electron chi connectivity index (χ2n) is 4.27. The Hall–Kier alpha value is -2.49. The topological polar surface area (TPSA) is 49.8 Å². The van der Waals surface area contributed by atoms with E-state index < -0.39 is 5.97 Å². The molecule has 0 aliphatic rings.